The van der Waals surface area contributed by atoms with Gasteiger partial charge in [-0.1, -0.05) is 71.0 Å². The Bertz CT molecular complexity index is 1210. The standard InChI is InChI=1S/C27H22Cl4O3/c1-33-24-20(28)10-18(11-21(24)29)27(14-15-7-8-17(27)9-15)19-12-22(30)25(23(31)13-19)34-26(32)16-5-3-2-4-6-16/h2-6,10-13,15,17H,7-9,14H2,1H3. The van der Waals surface area contributed by atoms with Crippen LogP contribution in [0.3, 0.4) is 0 Å². The summed E-state index contributed by atoms with van der Waals surface area (Å²) in [4.78, 5) is 12.6. The summed E-state index contributed by atoms with van der Waals surface area (Å²) in [5.74, 6) is 1.12. The predicted molar refractivity (Wildman–Crippen MR) is 137 cm³/mol. The number of hydrogen-bond acceptors (Lipinski definition) is 3. The van der Waals surface area contributed by atoms with Crippen molar-refractivity contribution in [1.82, 2.24) is 0 Å². The average Bonchev–Trinajstić information content (AvgIpc) is 3.44. The van der Waals surface area contributed by atoms with Gasteiger partial charge in [-0.05, 0) is 78.6 Å². The van der Waals surface area contributed by atoms with E-state index >= 15 is 0 Å². The third kappa shape index (κ3) is 3.97. The van der Waals surface area contributed by atoms with Crippen LogP contribution in [0.15, 0.2) is 54.6 Å². The average molecular weight is 536 g/mol. The van der Waals surface area contributed by atoms with E-state index in [-0.39, 0.29) is 11.2 Å². The second kappa shape index (κ2) is 9.28. The van der Waals surface area contributed by atoms with Crippen LogP contribution in [0.2, 0.25) is 20.1 Å². The van der Waals surface area contributed by atoms with Crippen LogP contribution in [0.4, 0.5) is 0 Å². The fourth-order valence-electron chi connectivity index (χ4n) is 5.86. The molecule has 0 amide bonds. The first-order valence-corrected chi connectivity index (χ1v) is 12.6. The second-order valence-corrected chi connectivity index (χ2v) is 10.7. The lowest BCUT2D eigenvalue weighted by atomic mass is 9.64. The lowest BCUT2D eigenvalue weighted by Crippen LogP contribution is -2.34. The Morgan fingerprint density at radius 2 is 1.41 bits per heavy atom. The highest BCUT2D eigenvalue weighted by molar-refractivity contribution is 6.38. The van der Waals surface area contributed by atoms with Gasteiger partial charge in [0.25, 0.3) is 0 Å². The largest absolute Gasteiger partial charge is 0.494 e. The number of halogens is 4. The third-order valence-corrected chi connectivity index (χ3v) is 8.41. The Morgan fingerprint density at radius 3 is 1.88 bits per heavy atom. The van der Waals surface area contributed by atoms with E-state index in [4.69, 9.17) is 55.9 Å². The van der Waals surface area contributed by atoms with Crippen molar-refractivity contribution in [3.63, 3.8) is 0 Å². The van der Waals surface area contributed by atoms with Gasteiger partial charge in [0.2, 0.25) is 0 Å². The van der Waals surface area contributed by atoms with Gasteiger partial charge in [-0.15, -0.1) is 0 Å². The van der Waals surface area contributed by atoms with E-state index in [0.717, 1.165) is 30.4 Å². The van der Waals surface area contributed by atoms with Crippen molar-refractivity contribution in [2.75, 3.05) is 7.11 Å². The first kappa shape index (κ1) is 23.8. The molecule has 2 aliphatic carbocycles. The number of hydrogen-bond donors (Lipinski definition) is 0. The fraction of sp³-hybridized carbons (Fsp3) is 0.296. The Hall–Kier alpha value is -1.91. The van der Waals surface area contributed by atoms with Crippen LogP contribution < -0.4 is 9.47 Å². The van der Waals surface area contributed by atoms with E-state index in [0.29, 0.717) is 43.2 Å². The molecule has 3 nitrogen and oxygen atoms in total. The highest BCUT2D eigenvalue weighted by Gasteiger charge is 2.53. The summed E-state index contributed by atoms with van der Waals surface area (Å²) in [7, 11) is 1.55. The minimum absolute atomic E-state index is 0.157. The molecule has 5 rings (SSSR count). The molecule has 3 aromatic rings. The highest BCUT2D eigenvalue weighted by Crippen LogP contribution is 2.61. The molecule has 0 heterocycles. The van der Waals surface area contributed by atoms with E-state index < -0.39 is 5.97 Å². The molecule has 7 heteroatoms. The summed E-state index contributed by atoms with van der Waals surface area (Å²) in [6.45, 7) is 0. The zero-order valence-corrected chi connectivity index (χ0v) is 21.4. The quantitative estimate of drug-likeness (QED) is 0.242. The van der Waals surface area contributed by atoms with E-state index in [1.54, 1.807) is 31.4 Å². The molecule has 0 aromatic heterocycles. The van der Waals surface area contributed by atoms with Crippen LogP contribution in [0, 0.1) is 11.8 Å². The van der Waals surface area contributed by atoms with Gasteiger partial charge in [-0.3, -0.25) is 0 Å². The van der Waals surface area contributed by atoms with Crippen LogP contribution in [0.5, 0.6) is 11.5 Å². The topological polar surface area (TPSA) is 35.5 Å². The Balaban J connectivity index is 1.58. The molecular formula is C27H22Cl4O3. The van der Waals surface area contributed by atoms with Gasteiger partial charge in [-0.2, -0.15) is 0 Å². The van der Waals surface area contributed by atoms with Gasteiger partial charge >= 0.3 is 5.97 Å². The number of rotatable bonds is 5. The number of carbonyl (C=O) groups is 1. The van der Waals surface area contributed by atoms with Gasteiger partial charge < -0.3 is 9.47 Å². The number of methoxy groups -OCH3 is 1. The summed E-state index contributed by atoms with van der Waals surface area (Å²) < 4.78 is 11.0. The molecule has 0 spiro atoms. The van der Waals surface area contributed by atoms with Crippen LogP contribution in [0.1, 0.15) is 47.2 Å². The maximum absolute atomic E-state index is 12.6. The third-order valence-electron chi connectivity index (χ3n) is 7.28. The highest BCUT2D eigenvalue weighted by atomic mass is 35.5. The Morgan fingerprint density at radius 1 is 0.853 bits per heavy atom. The lowest BCUT2D eigenvalue weighted by molar-refractivity contribution is 0.0735. The van der Waals surface area contributed by atoms with Gasteiger partial charge in [-0.25, -0.2) is 4.79 Å². The molecule has 2 saturated carbocycles. The fourth-order valence-corrected chi connectivity index (χ4v) is 7.06. The van der Waals surface area contributed by atoms with Gasteiger partial charge in [0.05, 0.1) is 32.8 Å². The molecule has 2 aliphatic rings. The van der Waals surface area contributed by atoms with Crippen LogP contribution in [0.25, 0.3) is 0 Å². The van der Waals surface area contributed by atoms with Crippen molar-refractivity contribution in [2.45, 2.75) is 31.1 Å². The predicted octanol–water partition coefficient (Wildman–Crippen LogP) is 8.63. The molecule has 176 valence electrons. The molecule has 34 heavy (non-hydrogen) atoms. The van der Waals surface area contributed by atoms with Crippen LogP contribution >= 0.6 is 46.4 Å². The summed E-state index contributed by atoms with van der Waals surface area (Å²) in [6, 6.07) is 16.4. The normalized spacial score (nSPS) is 23.2. The summed E-state index contributed by atoms with van der Waals surface area (Å²) >= 11 is 26.4. The molecular weight excluding hydrogens is 514 g/mol. The molecule has 0 N–H and O–H groups in total. The number of ether oxygens (including phenoxy) is 2. The number of esters is 1. The van der Waals surface area contributed by atoms with E-state index in [9.17, 15) is 4.79 Å². The van der Waals surface area contributed by atoms with Crippen molar-refractivity contribution in [3.05, 3.63) is 91.4 Å². The Kier molecular flexibility index (Phi) is 6.50. The minimum Gasteiger partial charge on any atom is -0.494 e. The van der Waals surface area contributed by atoms with Gasteiger partial charge in [0, 0.05) is 5.41 Å². The molecule has 0 radical (unpaired) electrons. The zero-order valence-electron chi connectivity index (χ0n) is 18.4. The van der Waals surface area contributed by atoms with E-state index in [2.05, 4.69) is 0 Å². The van der Waals surface area contributed by atoms with Crippen molar-refractivity contribution in [2.24, 2.45) is 11.8 Å². The first-order chi connectivity index (χ1) is 16.3. The van der Waals surface area contributed by atoms with E-state index in [1.807, 2.05) is 30.3 Å². The number of benzene rings is 3. The monoisotopic (exact) mass is 534 g/mol. The molecule has 0 saturated heterocycles. The van der Waals surface area contributed by atoms with Crippen molar-refractivity contribution < 1.29 is 14.3 Å². The maximum atomic E-state index is 12.6. The zero-order chi connectivity index (χ0) is 24.0. The van der Waals surface area contributed by atoms with Gasteiger partial charge in [0.1, 0.15) is 0 Å². The van der Waals surface area contributed by atoms with Crippen molar-refractivity contribution in [3.8, 4) is 11.5 Å². The second-order valence-electron chi connectivity index (χ2n) is 9.05. The molecule has 3 atom stereocenters. The first-order valence-electron chi connectivity index (χ1n) is 11.1. The molecule has 2 fully saturated rings. The van der Waals surface area contributed by atoms with Crippen molar-refractivity contribution in [1.29, 1.82) is 0 Å². The number of carbonyl (C=O) groups excluding carboxylic acids is 1. The summed E-state index contributed by atoms with van der Waals surface area (Å²) in [6.07, 6.45) is 4.39. The van der Waals surface area contributed by atoms with Crippen LogP contribution in [-0.2, 0) is 5.41 Å². The number of fused-ring (bicyclic) bond motifs is 2. The smallest absolute Gasteiger partial charge is 0.343 e. The molecule has 3 unspecified atom stereocenters. The van der Waals surface area contributed by atoms with Crippen LogP contribution in [-0.4, -0.2) is 13.1 Å². The Labute approximate surface area is 218 Å². The molecule has 2 bridgehead atoms. The maximum Gasteiger partial charge on any atom is 0.343 e. The SMILES string of the molecule is COc1c(Cl)cc(C2(c3cc(Cl)c(OC(=O)c4ccccc4)c(Cl)c3)CC3CCC2C3)cc1Cl. The van der Waals surface area contributed by atoms with E-state index in [1.165, 1.54) is 6.42 Å². The molecule has 3 aromatic carbocycles. The van der Waals surface area contributed by atoms with Crippen molar-refractivity contribution >= 4 is 52.4 Å². The lowest BCUT2D eigenvalue weighted by Gasteiger charge is -2.40. The summed E-state index contributed by atoms with van der Waals surface area (Å²) in [5, 5.41) is 1.52. The summed E-state index contributed by atoms with van der Waals surface area (Å²) in [5.41, 5.74) is 2.09. The molecule has 0 aliphatic heterocycles. The minimum atomic E-state index is -0.513. The van der Waals surface area contributed by atoms with Gasteiger partial charge in [0.15, 0.2) is 11.5 Å².